The van der Waals surface area contributed by atoms with Gasteiger partial charge in [-0.25, -0.2) is 0 Å². The molecule has 0 atom stereocenters. The Hall–Kier alpha value is -4.39. The van der Waals surface area contributed by atoms with E-state index in [1.807, 2.05) is 61.5 Å². The highest BCUT2D eigenvalue weighted by Crippen LogP contribution is 2.33. The van der Waals surface area contributed by atoms with E-state index in [9.17, 15) is 0 Å². The van der Waals surface area contributed by atoms with Crippen molar-refractivity contribution in [2.24, 2.45) is 0 Å². The van der Waals surface area contributed by atoms with E-state index in [-0.39, 0.29) is 6.01 Å². The second-order valence-corrected chi connectivity index (χ2v) is 7.41. The van der Waals surface area contributed by atoms with Gasteiger partial charge in [0, 0.05) is 17.6 Å². The van der Waals surface area contributed by atoms with Gasteiger partial charge in [-0.2, -0.15) is 4.68 Å². The zero-order valence-electron chi connectivity index (χ0n) is 18.2. The van der Waals surface area contributed by atoms with Crippen molar-refractivity contribution in [2.45, 2.75) is 13.5 Å². The number of anilines is 1. The number of hydrogen-bond donors (Lipinski definition) is 1. The third kappa shape index (κ3) is 4.48. The van der Waals surface area contributed by atoms with Crippen molar-refractivity contribution in [3.63, 3.8) is 0 Å². The first kappa shape index (κ1) is 20.5. The number of benzene rings is 4. The van der Waals surface area contributed by atoms with E-state index < -0.39 is 0 Å². The van der Waals surface area contributed by atoms with Crippen molar-refractivity contribution in [1.82, 2.24) is 20.2 Å². The number of ether oxygens (including phenoxy) is 2. The number of fused-ring (bicyclic) bond motifs is 1. The Balaban J connectivity index is 1.37. The first-order chi connectivity index (χ1) is 16.3. The van der Waals surface area contributed by atoms with Gasteiger partial charge in [-0.3, -0.25) is 0 Å². The largest absolute Gasteiger partial charge is 0.490 e. The van der Waals surface area contributed by atoms with E-state index in [1.54, 1.807) is 4.68 Å². The lowest BCUT2D eigenvalue weighted by molar-refractivity contribution is 0.315. The number of nitrogens with zero attached hydrogens (tertiary/aromatic N) is 4. The average Bonchev–Trinajstić information content (AvgIpc) is 3.33. The first-order valence-electron chi connectivity index (χ1n) is 10.8. The van der Waals surface area contributed by atoms with E-state index >= 15 is 0 Å². The Kier molecular flexibility index (Phi) is 5.84. The molecule has 0 aliphatic carbocycles. The predicted molar refractivity (Wildman–Crippen MR) is 128 cm³/mol. The molecule has 7 nitrogen and oxygen atoms in total. The van der Waals surface area contributed by atoms with Crippen LogP contribution in [0.4, 0.5) is 5.69 Å². The van der Waals surface area contributed by atoms with Gasteiger partial charge in [-0.05, 0) is 58.6 Å². The maximum atomic E-state index is 6.04. The van der Waals surface area contributed by atoms with E-state index in [2.05, 4.69) is 57.2 Å². The van der Waals surface area contributed by atoms with Crippen molar-refractivity contribution < 1.29 is 9.47 Å². The van der Waals surface area contributed by atoms with Crippen LogP contribution >= 0.6 is 0 Å². The summed E-state index contributed by atoms with van der Waals surface area (Å²) in [6.45, 7) is 3.11. The lowest BCUT2D eigenvalue weighted by atomic mass is 10.1. The highest BCUT2D eigenvalue weighted by atomic mass is 16.5. The standard InChI is InChI=1S/C26H23N5O2/c1-2-32-25-17-19(18-27-23-14-8-10-20-9-6-7-13-22(20)23)15-16-24(25)33-26-28-29-30-31(26)21-11-4-3-5-12-21/h3-17,27H,2,18H2,1H3. The Morgan fingerprint density at radius 3 is 2.55 bits per heavy atom. The molecule has 0 spiro atoms. The zero-order valence-corrected chi connectivity index (χ0v) is 18.2. The van der Waals surface area contributed by atoms with E-state index in [0.717, 1.165) is 16.9 Å². The lowest BCUT2D eigenvalue weighted by Crippen LogP contribution is -2.04. The van der Waals surface area contributed by atoms with Crippen molar-refractivity contribution in [3.8, 4) is 23.2 Å². The summed E-state index contributed by atoms with van der Waals surface area (Å²) in [4.78, 5) is 0. The normalized spacial score (nSPS) is 10.8. The molecule has 33 heavy (non-hydrogen) atoms. The summed E-state index contributed by atoms with van der Waals surface area (Å²) in [6, 6.07) is 30.3. The minimum Gasteiger partial charge on any atom is -0.490 e. The Morgan fingerprint density at radius 2 is 1.67 bits per heavy atom. The number of hydrogen-bond acceptors (Lipinski definition) is 6. The van der Waals surface area contributed by atoms with E-state index in [1.165, 1.54) is 10.8 Å². The summed E-state index contributed by atoms with van der Waals surface area (Å²) >= 11 is 0. The molecular weight excluding hydrogens is 414 g/mol. The highest BCUT2D eigenvalue weighted by molar-refractivity contribution is 5.93. The molecule has 4 aromatic carbocycles. The first-order valence-corrected chi connectivity index (χ1v) is 10.8. The molecule has 0 bridgehead atoms. The van der Waals surface area contributed by atoms with Gasteiger partial charge in [0.05, 0.1) is 12.3 Å². The number of nitrogens with one attached hydrogen (secondary N) is 1. The molecule has 1 heterocycles. The molecule has 0 amide bonds. The average molecular weight is 438 g/mol. The van der Waals surface area contributed by atoms with Crippen LogP contribution in [0.25, 0.3) is 16.5 Å². The van der Waals surface area contributed by atoms with Crippen molar-refractivity contribution in [2.75, 3.05) is 11.9 Å². The smallest absolute Gasteiger partial charge is 0.346 e. The molecule has 5 aromatic rings. The van der Waals surface area contributed by atoms with Gasteiger partial charge >= 0.3 is 6.01 Å². The maximum Gasteiger partial charge on any atom is 0.346 e. The van der Waals surface area contributed by atoms with Gasteiger partial charge in [-0.15, -0.1) is 0 Å². The van der Waals surface area contributed by atoms with Crippen LogP contribution in [0.1, 0.15) is 12.5 Å². The Bertz CT molecular complexity index is 1360. The third-order valence-electron chi connectivity index (χ3n) is 5.22. The number of para-hydroxylation sites is 1. The number of rotatable bonds is 8. The summed E-state index contributed by atoms with van der Waals surface area (Å²) in [5.74, 6) is 1.19. The predicted octanol–water partition coefficient (Wildman–Crippen LogP) is 5.62. The van der Waals surface area contributed by atoms with Crippen LogP contribution in [0.15, 0.2) is 91.0 Å². The quantitative estimate of drug-likeness (QED) is 0.340. The molecule has 1 aromatic heterocycles. The molecule has 0 fully saturated rings. The Labute approximate surface area is 191 Å². The zero-order chi connectivity index (χ0) is 22.5. The van der Waals surface area contributed by atoms with E-state index in [4.69, 9.17) is 9.47 Å². The van der Waals surface area contributed by atoms with Gasteiger partial charge < -0.3 is 14.8 Å². The topological polar surface area (TPSA) is 74.1 Å². The monoisotopic (exact) mass is 437 g/mol. The van der Waals surface area contributed by atoms with Crippen LogP contribution < -0.4 is 14.8 Å². The molecule has 0 radical (unpaired) electrons. The molecule has 7 heteroatoms. The van der Waals surface area contributed by atoms with Crippen molar-refractivity contribution >= 4 is 16.5 Å². The summed E-state index contributed by atoms with van der Waals surface area (Å²) in [5, 5.41) is 17.8. The molecule has 1 N–H and O–H groups in total. The maximum absolute atomic E-state index is 6.04. The molecule has 5 rings (SSSR count). The Morgan fingerprint density at radius 1 is 0.848 bits per heavy atom. The van der Waals surface area contributed by atoms with Crippen molar-refractivity contribution in [1.29, 1.82) is 0 Å². The number of aromatic nitrogens is 4. The molecule has 0 aliphatic rings. The fourth-order valence-corrected chi connectivity index (χ4v) is 3.66. The molecule has 164 valence electrons. The van der Waals surface area contributed by atoms with Crippen LogP contribution in [-0.2, 0) is 6.54 Å². The van der Waals surface area contributed by atoms with Gasteiger partial charge in [0.25, 0.3) is 0 Å². The van der Waals surface area contributed by atoms with Crippen LogP contribution in [0.3, 0.4) is 0 Å². The lowest BCUT2D eigenvalue weighted by Gasteiger charge is -2.14. The van der Waals surface area contributed by atoms with E-state index in [0.29, 0.717) is 24.7 Å². The fraction of sp³-hybridized carbons (Fsp3) is 0.115. The molecular formula is C26H23N5O2. The molecule has 0 saturated heterocycles. The summed E-state index contributed by atoms with van der Waals surface area (Å²) in [6.07, 6.45) is 0. The van der Waals surface area contributed by atoms with Crippen LogP contribution in [0.5, 0.6) is 17.5 Å². The summed E-state index contributed by atoms with van der Waals surface area (Å²) in [5.41, 5.74) is 2.97. The molecule has 0 unspecified atom stereocenters. The van der Waals surface area contributed by atoms with Gasteiger partial charge in [0.15, 0.2) is 11.5 Å². The summed E-state index contributed by atoms with van der Waals surface area (Å²) in [7, 11) is 0. The molecule has 0 aliphatic heterocycles. The second-order valence-electron chi connectivity index (χ2n) is 7.41. The van der Waals surface area contributed by atoms with Gasteiger partial charge in [-0.1, -0.05) is 65.8 Å². The second kappa shape index (κ2) is 9.40. The van der Waals surface area contributed by atoms with Crippen LogP contribution in [0.2, 0.25) is 0 Å². The minimum atomic E-state index is 0.267. The highest BCUT2D eigenvalue weighted by Gasteiger charge is 2.14. The van der Waals surface area contributed by atoms with Gasteiger partial charge in [0.1, 0.15) is 0 Å². The SMILES string of the molecule is CCOc1cc(CNc2cccc3ccccc23)ccc1Oc1nnnn1-c1ccccc1. The van der Waals surface area contributed by atoms with Gasteiger partial charge in [0.2, 0.25) is 0 Å². The van der Waals surface area contributed by atoms with Crippen LogP contribution in [0, 0.1) is 0 Å². The van der Waals surface area contributed by atoms with Crippen molar-refractivity contribution in [3.05, 3.63) is 96.6 Å². The third-order valence-corrected chi connectivity index (χ3v) is 5.22. The fourth-order valence-electron chi connectivity index (χ4n) is 3.66. The van der Waals surface area contributed by atoms with Crippen LogP contribution in [-0.4, -0.2) is 26.8 Å². The molecule has 0 saturated carbocycles. The minimum absolute atomic E-state index is 0.267. The number of tetrazole rings is 1. The summed E-state index contributed by atoms with van der Waals surface area (Å²) < 4.78 is 13.5.